The second kappa shape index (κ2) is 6.83. The van der Waals surface area contributed by atoms with E-state index >= 15 is 0 Å². The summed E-state index contributed by atoms with van der Waals surface area (Å²) in [7, 11) is -1.91. The van der Waals surface area contributed by atoms with E-state index in [0.29, 0.717) is 19.6 Å². The standard InChI is InChI=1S/C9H16N2O5S/c1-15-4-2-6-17(13,14)11-3-5-16-7-9(11)10-8-12/h9H,2-7H2,1H3. The molecule has 0 aromatic heterocycles. The number of aliphatic imine (C=N–C) groups is 1. The molecule has 0 radical (unpaired) electrons. The molecule has 1 heterocycles. The van der Waals surface area contributed by atoms with Crippen molar-refractivity contribution in [2.75, 3.05) is 39.2 Å². The fraction of sp³-hybridized carbons (Fsp3) is 0.889. The summed E-state index contributed by atoms with van der Waals surface area (Å²) < 4.78 is 35.0. The molecule has 1 atom stereocenters. The number of carbonyl (C=O) groups excluding carboxylic acids is 1. The van der Waals surface area contributed by atoms with E-state index in [1.165, 1.54) is 17.5 Å². The predicted octanol–water partition coefficient (Wildman–Crippen LogP) is -0.653. The van der Waals surface area contributed by atoms with Gasteiger partial charge >= 0.3 is 0 Å². The lowest BCUT2D eigenvalue weighted by Gasteiger charge is -2.30. The first-order valence-corrected chi connectivity index (χ1v) is 6.86. The van der Waals surface area contributed by atoms with E-state index in [1.807, 2.05) is 0 Å². The van der Waals surface area contributed by atoms with Gasteiger partial charge < -0.3 is 9.47 Å². The van der Waals surface area contributed by atoms with E-state index in [2.05, 4.69) is 4.99 Å². The van der Waals surface area contributed by atoms with E-state index in [-0.39, 0.29) is 18.9 Å². The van der Waals surface area contributed by atoms with Gasteiger partial charge in [-0.15, -0.1) is 0 Å². The zero-order valence-electron chi connectivity index (χ0n) is 9.66. The molecule has 0 aromatic rings. The molecule has 1 rings (SSSR count). The molecule has 1 unspecified atom stereocenters. The van der Waals surface area contributed by atoms with Crippen LogP contribution in [0.2, 0.25) is 0 Å². The molecule has 0 amide bonds. The Labute approximate surface area is 100 Å². The maximum Gasteiger partial charge on any atom is 0.236 e. The molecule has 0 bridgehead atoms. The maximum atomic E-state index is 12.0. The Morgan fingerprint density at radius 2 is 2.35 bits per heavy atom. The molecule has 0 saturated carbocycles. The second-order valence-corrected chi connectivity index (χ2v) is 5.59. The Kier molecular flexibility index (Phi) is 5.73. The van der Waals surface area contributed by atoms with Crippen LogP contribution in [-0.2, 0) is 24.3 Å². The van der Waals surface area contributed by atoms with Gasteiger partial charge in [0, 0.05) is 20.3 Å². The van der Waals surface area contributed by atoms with Crippen molar-refractivity contribution in [3.05, 3.63) is 0 Å². The Morgan fingerprint density at radius 1 is 1.59 bits per heavy atom. The van der Waals surface area contributed by atoms with E-state index in [0.717, 1.165) is 0 Å². The smallest absolute Gasteiger partial charge is 0.236 e. The Balaban J connectivity index is 2.69. The highest BCUT2D eigenvalue weighted by Gasteiger charge is 2.32. The summed E-state index contributed by atoms with van der Waals surface area (Å²) in [4.78, 5) is 13.7. The van der Waals surface area contributed by atoms with Gasteiger partial charge in [-0.25, -0.2) is 13.2 Å². The van der Waals surface area contributed by atoms with Crippen molar-refractivity contribution in [3.8, 4) is 0 Å². The van der Waals surface area contributed by atoms with Crippen LogP contribution in [0.4, 0.5) is 0 Å². The third-order valence-corrected chi connectivity index (χ3v) is 4.31. The molecule has 98 valence electrons. The predicted molar refractivity (Wildman–Crippen MR) is 59.7 cm³/mol. The third-order valence-electron chi connectivity index (χ3n) is 2.37. The highest BCUT2D eigenvalue weighted by Crippen LogP contribution is 2.14. The van der Waals surface area contributed by atoms with Crippen LogP contribution in [0.25, 0.3) is 0 Å². The monoisotopic (exact) mass is 264 g/mol. The number of hydrogen-bond acceptors (Lipinski definition) is 6. The molecule has 0 spiro atoms. The fourth-order valence-corrected chi connectivity index (χ4v) is 3.11. The van der Waals surface area contributed by atoms with Crippen LogP contribution < -0.4 is 0 Å². The van der Waals surface area contributed by atoms with Gasteiger partial charge in [-0.05, 0) is 6.42 Å². The summed E-state index contributed by atoms with van der Waals surface area (Å²) >= 11 is 0. The fourth-order valence-electron chi connectivity index (χ4n) is 1.57. The number of ether oxygens (including phenoxy) is 2. The number of morpholine rings is 1. The van der Waals surface area contributed by atoms with Crippen LogP contribution in [-0.4, -0.2) is 64.2 Å². The number of hydrogen-bond donors (Lipinski definition) is 0. The molecular weight excluding hydrogens is 248 g/mol. The Morgan fingerprint density at radius 3 is 3.00 bits per heavy atom. The first kappa shape index (κ1) is 14.3. The van der Waals surface area contributed by atoms with Gasteiger partial charge in [0.2, 0.25) is 16.1 Å². The SMILES string of the molecule is COCCCS(=O)(=O)N1CCOCC1N=C=O. The molecule has 1 aliphatic rings. The second-order valence-electron chi connectivity index (χ2n) is 3.55. The van der Waals surface area contributed by atoms with Crippen molar-refractivity contribution in [2.24, 2.45) is 4.99 Å². The molecular formula is C9H16N2O5S. The summed E-state index contributed by atoms with van der Waals surface area (Å²) in [6, 6.07) is 0. The van der Waals surface area contributed by atoms with Gasteiger partial charge in [0.1, 0.15) is 0 Å². The van der Waals surface area contributed by atoms with Crippen LogP contribution in [0.5, 0.6) is 0 Å². The Bertz CT molecular complexity index is 377. The average molecular weight is 264 g/mol. The maximum absolute atomic E-state index is 12.0. The highest BCUT2D eigenvalue weighted by atomic mass is 32.2. The van der Waals surface area contributed by atoms with Gasteiger partial charge in [-0.2, -0.15) is 9.30 Å². The lowest BCUT2D eigenvalue weighted by molar-refractivity contribution is 0.0358. The minimum absolute atomic E-state index is 0.0221. The summed E-state index contributed by atoms with van der Waals surface area (Å²) in [6.45, 7) is 1.00. The molecule has 1 saturated heterocycles. The van der Waals surface area contributed by atoms with E-state index < -0.39 is 16.2 Å². The van der Waals surface area contributed by atoms with Gasteiger partial charge in [-0.3, -0.25) is 0 Å². The van der Waals surface area contributed by atoms with Crippen molar-refractivity contribution in [1.29, 1.82) is 0 Å². The van der Waals surface area contributed by atoms with Crippen molar-refractivity contribution in [2.45, 2.75) is 12.6 Å². The third kappa shape index (κ3) is 4.18. The number of nitrogens with zero attached hydrogens (tertiary/aromatic N) is 2. The van der Waals surface area contributed by atoms with Crippen LogP contribution in [0.15, 0.2) is 4.99 Å². The summed E-state index contributed by atoms with van der Waals surface area (Å²) in [5.41, 5.74) is 0. The van der Waals surface area contributed by atoms with E-state index in [4.69, 9.17) is 9.47 Å². The summed E-state index contributed by atoms with van der Waals surface area (Å²) in [5.74, 6) is -0.0221. The van der Waals surface area contributed by atoms with Crippen molar-refractivity contribution < 1.29 is 22.7 Å². The lowest BCUT2D eigenvalue weighted by atomic mass is 10.4. The quantitative estimate of drug-likeness (QED) is 0.361. The minimum Gasteiger partial charge on any atom is -0.385 e. The number of isocyanates is 1. The normalized spacial score (nSPS) is 22.1. The average Bonchev–Trinajstić information content (AvgIpc) is 2.30. The minimum atomic E-state index is -3.43. The van der Waals surface area contributed by atoms with Crippen LogP contribution in [0.1, 0.15) is 6.42 Å². The Hall–Kier alpha value is -0.790. The lowest BCUT2D eigenvalue weighted by Crippen LogP contribution is -2.48. The number of methoxy groups -OCH3 is 1. The van der Waals surface area contributed by atoms with Gasteiger partial charge in [0.25, 0.3) is 0 Å². The topological polar surface area (TPSA) is 85.3 Å². The molecule has 8 heteroatoms. The summed E-state index contributed by atoms with van der Waals surface area (Å²) in [6.07, 6.45) is 0.998. The molecule has 1 aliphatic heterocycles. The van der Waals surface area contributed by atoms with Crippen molar-refractivity contribution in [3.63, 3.8) is 0 Å². The zero-order chi connectivity index (χ0) is 12.7. The number of rotatable bonds is 6. The van der Waals surface area contributed by atoms with Gasteiger partial charge in [0.05, 0.1) is 19.0 Å². The van der Waals surface area contributed by atoms with Crippen molar-refractivity contribution in [1.82, 2.24) is 4.31 Å². The highest BCUT2D eigenvalue weighted by molar-refractivity contribution is 7.89. The zero-order valence-corrected chi connectivity index (χ0v) is 10.5. The van der Waals surface area contributed by atoms with Crippen LogP contribution in [0.3, 0.4) is 0 Å². The van der Waals surface area contributed by atoms with Crippen LogP contribution >= 0.6 is 0 Å². The van der Waals surface area contributed by atoms with E-state index in [9.17, 15) is 13.2 Å². The molecule has 17 heavy (non-hydrogen) atoms. The molecule has 0 aromatic carbocycles. The van der Waals surface area contributed by atoms with Crippen LogP contribution in [0, 0.1) is 0 Å². The molecule has 0 N–H and O–H groups in total. The van der Waals surface area contributed by atoms with Gasteiger partial charge in [0.15, 0.2) is 6.17 Å². The molecule has 0 aliphatic carbocycles. The molecule has 1 fully saturated rings. The number of sulfonamides is 1. The molecule has 7 nitrogen and oxygen atoms in total. The van der Waals surface area contributed by atoms with Gasteiger partial charge in [-0.1, -0.05) is 0 Å². The van der Waals surface area contributed by atoms with Crippen molar-refractivity contribution >= 4 is 16.1 Å². The first-order chi connectivity index (χ1) is 8.11. The van der Waals surface area contributed by atoms with E-state index in [1.54, 1.807) is 0 Å². The summed E-state index contributed by atoms with van der Waals surface area (Å²) in [5, 5.41) is 0. The first-order valence-electron chi connectivity index (χ1n) is 5.25. The largest absolute Gasteiger partial charge is 0.385 e.